The second-order valence-electron chi connectivity index (χ2n) is 6.38. The lowest BCUT2D eigenvalue weighted by atomic mass is 9.99. The lowest BCUT2D eigenvalue weighted by Crippen LogP contribution is -1.91. The second-order valence-corrected chi connectivity index (χ2v) is 10.3. The topological polar surface area (TPSA) is 13.1 Å². The van der Waals surface area contributed by atoms with Crippen LogP contribution in [0.2, 0.25) is 5.02 Å². The zero-order valence-corrected chi connectivity index (χ0v) is 14.5. The predicted molar refractivity (Wildman–Crippen MR) is 100 cm³/mol. The minimum absolute atomic E-state index is 0.789. The summed E-state index contributed by atoms with van der Waals surface area (Å²) in [4.78, 5) is 2.84. The molecule has 5 rings (SSSR count). The quantitative estimate of drug-likeness (QED) is 0.347. The molecule has 4 aromatic rings. The van der Waals surface area contributed by atoms with Crippen molar-refractivity contribution >= 4 is 43.6 Å². The number of hydrogen-bond donors (Lipinski definition) is 0. The third-order valence-corrected chi connectivity index (χ3v) is 7.95. The Hall–Kier alpha value is -1.90. The highest BCUT2D eigenvalue weighted by Crippen LogP contribution is 2.68. The molecule has 0 radical (unpaired) electrons. The Morgan fingerprint density at radius 3 is 2.52 bits per heavy atom. The summed E-state index contributed by atoms with van der Waals surface area (Å²) in [7, 11) is -1.02. The van der Waals surface area contributed by atoms with Crippen LogP contribution >= 0.6 is 21.6 Å². The van der Waals surface area contributed by atoms with Gasteiger partial charge in [0.25, 0.3) is 0 Å². The van der Waals surface area contributed by atoms with Crippen LogP contribution in [-0.4, -0.2) is 12.5 Å². The lowest BCUT2D eigenvalue weighted by molar-refractivity contribution is 0.669. The summed E-state index contributed by atoms with van der Waals surface area (Å²) in [6.07, 6.45) is 4.72. The maximum absolute atomic E-state index is 6.31. The molecule has 2 heterocycles. The molecule has 1 aliphatic heterocycles. The maximum Gasteiger partial charge on any atom is 0.136 e. The number of hydrogen-bond acceptors (Lipinski definition) is 1. The highest BCUT2D eigenvalue weighted by Gasteiger charge is 2.34. The molecule has 3 heteroatoms. The highest BCUT2D eigenvalue weighted by atomic mass is 35.5. The van der Waals surface area contributed by atoms with Crippen molar-refractivity contribution in [3.05, 3.63) is 59.6 Å². The van der Waals surface area contributed by atoms with Gasteiger partial charge in [-0.15, -0.1) is 0 Å². The molecule has 1 aliphatic rings. The van der Waals surface area contributed by atoms with Gasteiger partial charge in [0.1, 0.15) is 11.2 Å². The fraction of sp³-hybridized carbons (Fsp3) is 0.100. The Kier molecular flexibility index (Phi) is 2.55. The smallest absolute Gasteiger partial charge is 0.136 e. The Balaban J connectivity index is 2.04. The van der Waals surface area contributed by atoms with Crippen LogP contribution in [0.4, 0.5) is 0 Å². The molecule has 0 saturated carbocycles. The van der Waals surface area contributed by atoms with Crippen molar-refractivity contribution in [3.63, 3.8) is 0 Å². The molecule has 0 unspecified atom stereocenters. The van der Waals surface area contributed by atoms with Crippen molar-refractivity contribution in [2.24, 2.45) is 0 Å². The van der Waals surface area contributed by atoms with Crippen molar-refractivity contribution in [1.82, 2.24) is 0 Å². The molecule has 0 saturated heterocycles. The monoisotopic (exact) mass is 338 g/mol. The number of para-hydroxylation sites is 1. The molecule has 0 N–H and O–H groups in total. The fourth-order valence-electron chi connectivity index (χ4n) is 3.75. The van der Waals surface area contributed by atoms with Gasteiger partial charge in [-0.05, 0) is 54.5 Å². The second kappa shape index (κ2) is 4.34. The zero-order valence-electron chi connectivity index (χ0n) is 12.9. The Labute approximate surface area is 141 Å². The first kappa shape index (κ1) is 13.5. The maximum atomic E-state index is 6.31. The van der Waals surface area contributed by atoms with Gasteiger partial charge in [-0.2, -0.15) is 10.0 Å². The largest absolute Gasteiger partial charge is 0.456 e. The van der Waals surface area contributed by atoms with Crippen molar-refractivity contribution < 1.29 is 4.42 Å². The summed E-state index contributed by atoms with van der Waals surface area (Å²) in [5, 5.41) is 3.19. The summed E-state index contributed by atoms with van der Waals surface area (Å²) >= 11 is 6.31. The molecule has 23 heavy (non-hydrogen) atoms. The molecule has 0 spiro atoms. The summed E-state index contributed by atoms with van der Waals surface area (Å²) in [5.41, 5.74) is 4.47. The number of furan rings is 1. The Morgan fingerprint density at radius 2 is 1.65 bits per heavy atom. The van der Waals surface area contributed by atoms with Crippen LogP contribution in [0.15, 0.2) is 68.8 Å². The lowest BCUT2D eigenvalue weighted by Gasteiger charge is -2.28. The average Bonchev–Trinajstić information content (AvgIpc) is 3.01. The van der Waals surface area contributed by atoms with Gasteiger partial charge in [-0.1, -0.05) is 29.8 Å². The zero-order chi connectivity index (χ0) is 15.8. The van der Waals surface area contributed by atoms with Crippen LogP contribution in [0.3, 0.4) is 0 Å². The first-order chi connectivity index (χ1) is 11.1. The SMILES string of the molecule is CS1(C)c2ccc(Cl)cc2-c2c1ccc1oc3ccccc3c21. The molecule has 1 aromatic heterocycles. The van der Waals surface area contributed by atoms with Crippen LogP contribution in [0, 0.1) is 0 Å². The summed E-state index contributed by atoms with van der Waals surface area (Å²) in [5.74, 6) is 0. The standard InChI is InChI=1S/C20H15ClOS/c1-23(2)17-9-7-12(21)11-14(17)20-18(23)10-8-16-19(20)13-5-3-4-6-15(13)22-16/h3-11H,1-2H3. The molecule has 114 valence electrons. The van der Waals surface area contributed by atoms with E-state index in [2.05, 4.69) is 48.9 Å². The van der Waals surface area contributed by atoms with Gasteiger partial charge in [0.15, 0.2) is 0 Å². The molecule has 0 bridgehead atoms. The van der Waals surface area contributed by atoms with E-state index in [0.717, 1.165) is 16.2 Å². The summed E-state index contributed by atoms with van der Waals surface area (Å²) in [6.45, 7) is 0. The third kappa shape index (κ3) is 1.65. The van der Waals surface area contributed by atoms with Crippen LogP contribution in [0.25, 0.3) is 33.1 Å². The first-order valence-electron chi connectivity index (χ1n) is 7.55. The average molecular weight is 339 g/mol. The van der Waals surface area contributed by atoms with E-state index >= 15 is 0 Å². The predicted octanol–water partition coefficient (Wildman–Crippen LogP) is 6.70. The molecule has 0 atom stereocenters. The van der Waals surface area contributed by atoms with Gasteiger partial charge < -0.3 is 4.42 Å². The van der Waals surface area contributed by atoms with E-state index in [-0.39, 0.29) is 0 Å². The molecular formula is C20H15ClOS. The van der Waals surface area contributed by atoms with Gasteiger partial charge in [-0.25, -0.2) is 0 Å². The van der Waals surface area contributed by atoms with E-state index in [4.69, 9.17) is 16.0 Å². The summed E-state index contributed by atoms with van der Waals surface area (Å²) < 4.78 is 6.07. The number of benzene rings is 3. The minimum Gasteiger partial charge on any atom is -0.456 e. The third-order valence-electron chi connectivity index (χ3n) is 4.82. The van der Waals surface area contributed by atoms with E-state index in [9.17, 15) is 0 Å². The molecule has 0 aliphatic carbocycles. The molecule has 0 fully saturated rings. The molecule has 0 amide bonds. The van der Waals surface area contributed by atoms with E-state index in [1.54, 1.807) is 0 Å². The Bertz CT molecular complexity index is 1110. The minimum atomic E-state index is -1.02. The molecular weight excluding hydrogens is 324 g/mol. The summed E-state index contributed by atoms with van der Waals surface area (Å²) in [6, 6.07) is 18.9. The van der Waals surface area contributed by atoms with Crippen LogP contribution < -0.4 is 0 Å². The van der Waals surface area contributed by atoms with E-state index in [0.29, 0.717) is 0 Å². The van der Waals surface area contributed by atoms with Crippen molar-refractivity contribution in [2.75, 3.05) is 12.5 Å². The number of rotatable bonds is 0. The first-order valence-corrected chi connectivity index (χ1v) is 10.4. The van der Waals surface area contributed by atoms with E-state index < -0.39 is 10.0 Å². The van der Waals surface area contributed by atoms with Gasteiger partial charge in [0.2, 0.25) is 0 Å². The van der Waals surface area contributed by atoms with Crippen molar-refractivity contribution in [1.29, 1.82) is 0 Å². The van der Waals surface area contributed by atoms with Gasteiger partial charge in [-0.3, -0.25) is 0 Å². The fourth-order valence-corrected chi connectivity index (χ4v) is 6.41. The van der Waals surface area contributed by atoms with E-state index in [1.165, 1.54) is 31.7 Å². The van der Waals surface area contributed by atoms with Gasteiger partial charge in [0, 0.05) is 31.1 Å². The van der Waals surface area contributed by atoms with Crippen LogP contribution in [0.1, 0.15) is 0 Å². The number of halogens is 1. The van der Waals surface area contributed by atoms with Crippen molar-refractivity contribution in [3.8, 4) is 11.1 Å². The number of fused-ring (bicyclic) bond motifs is 7. The molecule has 3 aromatic carbocycles. The normalized spacial score (nSPS) is 16.5. The van der Waals surface area contributed by atoms with Crippen molar-refractivity contribution in [2.45, 2.75) is 9.79 Å². The molecule has 1 nitrogen and oxygen atoms in total. The van der Waals surface area contributed by atoms with Gasteiger partial charge >= 0.3 is 0 Å². The van der Waals surface area contributed by atoms with E-state index in [1.807, 2.05) is 18.2 Å². The van der Waals surface area contributed by atoms with Crippen LogP contribution in [0.5, 0.6) is 0 Å². The Morgan fingerprint density at radius 1 is 0.870 bits per heavy atom. The van der Waals surface area contributed by atoms with Gasteiger partial charge in [0.05, 0.1) is 0 Å². The highest BCUT2D eigenvalue weighted by molar-refractivity contribution is 8.33. The van der Waals surface area contributed by atoms with Crippen LogP contribution in [-0.2, 0) is 0 Å².